The zero-order valence-corrected chi connectivity index (χ0v) is 14.3. The first-order chi connectivity index (χ1) is 11.7. The molecule has 0 aliphatic rings. The highest BCUT2D eigenvalue weighted by atomic mass is 31.2. The van der Waals surface area contributed by atoms with Gasteiger partial charge < -0.3 is 14.7 Å². The highest BCUT2D eigenvalue weighted by Crippen LogP contribution is 2.37. The number of nitrogens with zero attached hydrogens (tertiary/aromatic N) is 1. The van der Waals surface area contributed by atoms with Crippen molar-refractivity contribution in [2.45, 2.75) is 13.0 Å². The lowest BCUT2D eigenvalue weighted by Crippen LogP contribution is -2.24. The maximum absolute atomic E-state index is 11.9. The summed E-state index contributed by atoms with van der Waals surface area (Å²) in [5.74, 6) is 0.0405. The average molecular weight is 364 g/mol. The van der Waals surface area contributed by atoms with Gasteiger partial charge in [-0.3, -0.25) is 14.9 Å². The molecule has 0 bridgehead atoms. The van der Waals surface area contributed by atoms with Crippen LogP contribution in [0.2, 0.25) is 0 Å². The van der Waals surface area contributed by atoms with Crippen molar-refractivity contribution in [1.82, 2.24) is 5.32 Å². The van der Waals surface area contributed by atoms with E-state index in [1.54, 1.807) is 24.3 Å². The molecule has 1 atom stereocenters. The van der Waals surface area contributed by atoms with Crippen molar-refractivity contribution in [3.8, 4) is 5.75 Å². The van der Waals surface area contributed by atoms with Crippen molar-refractivity contribution in [1.29, 1.82) is 0 Å². The summed E-state index contributed by atoms with van der Waals surface area (Å²) in [5, 5.41) is 13.3. The molecular formula is C16H17N2O6P. The fourth-order valence-electron chi connectivity index (χ4n) is 2.05. The molecule has 8 nitrogen and oxygen atoms in total. The second kappa shape index (κ2) is 7.92. The first-order valence-corrected chi connectivity index (χ1v) is 9.34. The van der Waals surface area contributed by atoms with Gasteiger partial charge in [-0.1, -0.05) is 24.3 Å². The minimum atomic E-state index is -3.61. The van der Waals surface area contributed by atoms with Gasteiger partial charge in [-0.2, -0.15) is 0 Å². The molecule has 2 N–H and O–H groups in total. The van der Waals surface area contributed by atoms with E-state index < -0.39 is 12.5 Å². The predicted octanol–water partition coefficient (Wildman–Crippen LogP) is 2.65. The zero-order chi connectivity index (χ0) is 18.4. The van der Waals surface area contributed by atoms with E-state index in [0.29, 0.717) is 0 Å². The van der Waals surface area contributed by atoms with Crippen molar-refractivity contribution < 1.29 is 23.7 Å². The Bertz CT molecular complexity index is 798. The minimum Gasteiger partial charge on any atom is -0.425 e. The fraction of sp³-hybridized carbons (Fsp3) is 0.188. The quantitative estimate of drug-likeness (QED) is 0.443. The Kier molecular flexibility index (Phi) is 5.90. The third kappa shape index (κ3) is 6.37. The topological polar surface area (TPSA) is 119 Å². The molecular weight excluding hydrogens is 347 g/mol. The van der Waals surface area contributed by atoms with Crippen LogP contribution in [0.3, 0.4) is 0 Å². The molecule has 1 unspecified atom stereocenters. The number of rotatable bonds is 7. The normalized spacial score (nSPS) is 12.9. The lowest BCUT2D eigenvalue weighted by Gasteiger charge is -2.09. The number of carbonyl (C=O) groups excluding carboxylic acids is 1. The third-order valence-corrected chi connectivity index (χ3v) is 3.75. The summed E-state index contributed by atoms with van der Waals surface area (Å²) in [4.78, 5) is 31.2. The van der Waals surface area contributed by atoms with Crippen LogP contribution in [0.1, 0.15) is 11.1 Å². The molecule has 25 heavy (non-hydrogen) atoms. The van der Waals surface area contributed by atoms with Crippen LogP contribution in [-0.2, 0) is 22.3 Å². The van der Waals surface area contributed by atoms with Gasteiger partial charge in [0.2, 0.25) is 5.91 Å². The number of non-ortho nitro benzene ring substituents is 1. The van der Waals surface area contributed by atoms with E-state index in [0.717, 1.165) is 17.8 Å². The molecule has 2 aromatic rings. The van der Waals surface area contributed by atoms with Crippen LogP contribution in [0, 0.1) is 10.1 Å². The zero-order valence-electron chi connectivity index (χ0n) is 13.4. The highest BCUT2D eigenvalue weighted by molar-refractivity contribution is 7.52. The largest absolute Gasteiger partial charge is 0.425 e. The van der Waals surface area contributed by atoms with E-state index in [1.165, 1.54) is 24.3 Å². The summed E-state index contributed by atoms with van der Waals surface area (Å²) in [6.45, 7) is 1.36. The van der Waals surface area contributed by atoms with Crippen LogP contribution in [-0.4, -0.2) is 22.4 Å². The van der Waals surface area contributed by atoms with Gasteiger partial charge in [-0.25, -0.2) is 4.57 Å². The van der Waals surface area contributed by atoms with Gasteiger partial charge in [-0.05, 0) is 23.3 Å². The van der Waals surface area contributed by atoms with Crippen LogP contribution < -0.4 is 9.84 Å². The molecule has 0 aliphatic carbocycles. The molecule has 0 heterocycles. The first kappa shape index (κ1) is 18.6. The van der Waals surface area contributed by atoms with Gasteiger partial charge in [0, 0.05) is 25.3 Å². The number of hydrogen-bond acceptors (Lipinski definition) is 5. The molecule has 9 heteroatoms. The van der Waals surface area contributed by atoms with Gasteiger partial charge in [0.05, 0.1) is 11.3 Å². The number of nitro groups is 1. The molecule has 1 amide bonds. The molecule has 0 aromatic heterocycles. The second-order valence-electron chi connectivity index (χ2n) is 5.42. The number of carbonyl (C=O) groups is 1. The molecule has 2 rings (SSSR count). The van der Waals surface area contributed by atoms with Gasteiger partial charge in [-0.15, -0.1) is 0 Å². The number of amides is 1. The summed E-state index contributed by atoms with van der Waals surface area (Å²) in [6.07, 6.45) is 0.135. The Balaban J connectivity index is 1.85. The molecule has 2 aromatic carbocycles. The lowest BCUT2D eigenvalue weighted by atomic mass is 10.1. The van der Waals surface area contributed by atoms with Crippen LogP contribution in [0.25, 0.3) is 0 Å². The van der Waals surface area contributed by atoms with Gasteiger partial charge in [0.15, 0.2) is 0 Å². The van der Waals surface area contributed by atoms with E-state index in [4.69, 9.17) is 9.42 Å². The van der Waals surface area contributed by atoms with Gasteiger partial charge in [0.1, 0.15) is 5.75 Å². The fourth-order valence-corrected chi connectivity index (χ4v) is 2.56. The van der Waals surface area contributed by atoms with Gasteiger partial charge in [0.25, 0.3) is 5.69 Å². The Morgan fingerprint density at radius 1 is 1.16 bits per heavy atom. The summed E-state index contributed by atoms with van der Waals surface area (Å²) in [5.41, 5.74) is 1.47. The monoisotopic (exact) mass is 364 g/mol. The summed E-state index contributed by atoms with van der Waals surface area (Å²) >= 11 is 0. The van der Waals surface area contributed by atoms with E-state index in [1.807, 2.05) is 0 Å². The number of hydrogen-bond donors (Lipinski definition) is 2. The second-order valence-corrected chi connectivity index (χ2v) is 7.20. The summed E-state index contributed by atoms with van der Waals surface area (Å²) < 4.78 is 16.0. The smallest absolute Gasteiger partial charge is 0.373 e. The van der Waals surface area contributed by atoms with E-state index >= 15 is 0 Å². The van der Waals surface area contributed by atoms with Crippen molar-refractivity contribution in [3.05, 3.63) is 69.8 Å². The maximum atomic E-state index is 11.9. The molecule has 132 valence electrons. The number of nitro benzene ring substituents is 1. The molecule has 0 saturated heterocycles. The van der Waals surface area contributed by atoms with E-state index in [9.17, 15) is 19.5 Å². The third-order valence-electron chi connectivity index (χ3n) is 3.20. The average Bonchev–Trinajstić information content (AvgIpc) is 2.54. The molecule has 0 fully saturated rings. The Hall–Kier alpha value is -2.70. The molecule has 0 radical (unpaired) electrons. The lowest BCUT2D eigenvalue weighted by molar-refractivity contribution is -0.384. The standard InChI is InChI=1S/C16H17N2O6P/c1-25(22,23)24-15-8-4-12(5-9-15)10-16(19)17-11-13-2-6-14(7-3-13)18(20)21/h2-9H,10-11H2,1H3,(H,17,19)(H,22,23). The number of benzene rings is 2. The van der Waals surface area contributed by atoms with Crippen LogP contribution in [0.4, 0.5) is 5.69 Å². The molecule has 0 aliphatic heterocycles. The van der Waals surface area contributed by atoms with Crippen molar-refractivity contribution >= 4 is 19.2 Å². The van der Waals surface area contributed by atoms with Gasteiger partial charge >= 0.3 is 7.60 Å². The Morgan fingerprint density at radius 2 is 1.72 bits per heavy atom. The number of nitrogens with one attached hydrogen (secondary N) is 1. The minimum absolute atomic E-state index is 0.00288. The van der Waals surface area contributed by atoms with Crippen molar-refractivity contribution in [2.75, 3.05) is 6.66 Å². The Labute approximate surface area is 144 Å². The highest BCUT2D eigenvalue weighted by Gasteiger charge is 2.12. The first-order valence-electron chi connectivity index (χ1n) is 7.32. The SMILES string of the molecule is CP(=O)(O)Oc1ccc(CC(=O)NCc2ccc([N+](=O)[O-])cc2)cc1. The van der Waals surface area contributed by atoms with Crippen molar-refractivity contribution in [3.63, 3.8) is 0 Å². The predicted molar refractivity (Wildman–Crippen MR) is 91.5 cm³/mol. The van der Waals surface area contributed by atoms with E-state index in [-0.39, 0.29) is 30.3 Å². The molecule has 0 saturated carbocycles. The van der Waals surface area contributed by atoms with Crippen LogP contribution in [0.5, 0.6) is 5.75 Å². The Morgan fingerprint density at radius 3 is 2.24 bits per heavy atom. The molecule has 0 spiro atoms. The van der Waals surface area contributed by atoms with Crippen LogP contribution in [0.15, 0.2) is 48.5 Å². The van der Waals surface area contributed by atoms with Crippen LogP contribution >= 0.6 is 7.60 Å². The summed E-state index contributed by atoms with van der Waals surface area (Å²) in [7, 11) is -3.61. The maximum Gasteiger partial charge on any atom is 0.373 e. The van der Waals surface area contributed by atoms with Crippen molar-refractivity contribution in [2.24, 2.45) is 0 Å². The summed E-state index contributed by atoms with van der Waals surface area (Å²) in [6, 6.07) is 12.2. The van der Waals surface area contributed by atoms with E-state index in [2.05, 4.69) is 5.32 Å².